The third-order valence-electron chi connectivity index (χ3n) is 16.0. The fraction of sp³-hybridized carbons (Fsp3) is 0.786. The number of nitrogens with one attached hydrogen (secondary N) is 1. The van der Waals surface area contributed by atoms with Crippen molar-refractivity contribution in [3.05, 3.63) is 47.1 Å². The molecule has 46 heavy (non-hydrogen) atoms. The topological polar surface area (TPSA) is 52.6 Å². The standard InChI is InChI=1S/C42H66N2O2/c1-28(2)31-17-22-42(27-43-25-10-26-44(8)9)24-23-40(6)33(36(31)42)15-16-35-39(5)20-18-32(29-11-13-30(14-12-29)37(45)46)38(3,4)34(39)19-21-41(35,40)7/h11,13,18,31,33-36,43H,1,10,12,14-17,19-27H2,2-9H3,(H,45,46)/t31-,33+,34-,35+,36+,39-,40+,41+,42+/m0/s1. The highest BCUT2D eigenvalue weighted by molar-refractivity contribution is 5.87. The molecule has 0 saturated heterocycles. The Labute approximate surface area is 281 Å². The van der Waals surface area contributed by atoms with E-state index in [1.807, 2.05) is 6.08 Å². The van der Waals surface area contributed by atoms with Crippen molar-refractivity contribution in [2.45, 2.75) is 119 Å². The number of hydrogen-bond acceptors (Lipinski definition) is 3. The minimum atomic E-state index is -0.765. The van der Waals surface area contributed by atoms with Crippen LogP contribution >= 0.6 is 0 Å². The minimum Gasteiger partial charge on any atom is -0.478 e. The first-order chi connectivity index (χ1) is 21.6. The molecule has 9 atom stereocenters. The van der Waals surface area contributed by atoms with Gasteiger partial charge in [0.05, 0.1) is 0 Å². The summed E-state index contributed by atoms with van der Waals surface area (Å²) in [6.45, 7) is 23.7. The third kappa shape index (κ3) is 5.17. The Morgan fingerprint density at radius 2 is 1.72 bits per heavy atom. The van der Waals surface area contributed by atoms with Gasteiger partial charge >= 0.3 is 5.97 Å². The number of carbonyl (C=O) groups is 1. The molecule has 6 rings (SSSR count). The number of hydrogen-bond donors (Lipinski definition) is 2. The SMILES string of the molecule is C=C(C)[C@@H]1CC[C@]2(CNCCCN(C)C)CC[C@]3(C)[C@H](CC[C@@H]4[C@@]5(C)CC=C(C6=CC=C(C(=O)O)CC6)C(C)(C)[C@@H]5CC[C@]43C)[C@@H]12. The lowest BCUT2D eigenvalue weighted by molar-refractivity contribution is -0.226. The third-order valence-corrected chi connectivity index (χ3v) is 16.0. The van der Waals surface area contributed by atoms with Gasteiger partial charge < -0.3 is 15.3 Å². The molecule has 0 radical (unpaired) electrons. The van der Waals surface area contributed by atoms with Gasteiger partial charge in [-0.3, -0.25) is 0 Å². The monoisotopic (exact) mass is 631 g/mol. The summed E-state index contributed by atoms with van der Waals surface area (Å²) in [6.07, 6.45) is 21.4. The van der Waals surface area contributed by atoms with Crippen LogP contribution < -0.4 is 5.32 Å². The van der Waals surface area contributed by atoms with Crippen LogP contribution in [0.1, 0.15) is 119 Å². The van der Waals surface area contributed by atoms with Crippen molar-refractivity contribution in [3.8, 4) is 0 Å². The van der Waals surface area contributed by atoms with Crippen molar-refractivity contribution < 1.29 is 9.90 Å². The molecule has 0 unspecified atom stereocenters. The molecule has 6 aliphatic rings. The normalized spacial score (nSPS) is 43.0. The molecule has 0 aliphatic heterocycles. The molecule has 6 aliphatic carbocycles. The Balaban J connectivity index is 1.28. The lowest BCUT2D eigenvalue weighted by Crippen LogP contribution is -2.66. The van der Waals surface area contributed by atoms with Crippen LogP contribution in [0.15, 0.2) is 47.1 Å². The first-order valence-electron chi connectivity index (χ1n) is 19.0. The predicted molar refractivity (Wildman–Crippen MR) is 192 cm³/mol. The number of rotatable bonds is 9. The maximum Gasteiger partial charge on any atom is 0.331 e. The Kier molecular flexibility index (Phi) is 8.96. The maximum atomic E-state index is 11.6. The lowest BCUT2D eigenvalue weighted by atomic mass is 9.32. The maximum absolute atomic E-state index is 11.6. The van der Waals surface area contributed by atoms with E-state index in [9.17, 15) is 9.90 Å². The molecule has 0 aromatic carbocycles. The van der Waals surface area contributed by atoms with Crippen LogP contribution in [0.3, 0.4) is 0 Å². The van der Waals surface area contributed by atoms with Crippen LogP contribution in [0.25, 0.3) is 0 Å². The van der Waals surface area contributed by atoms with Crippen LogP contribution in [0.2, 0.25) is 0 Å². The van der Waals surface area contributed by atoms with Gasteiger partial charge in [-0.05, 0) is 179 Å². The van der Waals surface area contributed by atoms with Gasteiger partial charge in [-0.1, -0.05) is 65.0 Å². The summed E-state index contributed by atoms with van der Waals surface area (Å²) in [7, 11) is 4.37. The number of fused-ring (bicyclic) bond motifs is 7. The van der Waals surface area contributed by atoms with Gasteiger partial charge in [-0.25, -0.2) is 4.79 Å². The average molecular weight is 631 g/mol. The molecule has 0 heterocycles. The molecule has 256 valence electrons. The van der Waals surface area contributed by atoms with Crippen molar-refractivity contribution in [3.63, 3.8) is 0 Å². The van der Waals surface area contributed by atoms with E-state index < -0.39 is 5.97 Å². The van der Waals surface area contributed by atoms with Gasteiger partial charge in [0, 0.05) is 12.1 Å². The number of aliphatic carboxylic acids is 1. The van der Waals surface area contributed by atoms with Gasteiger partial charge in [-0.15, -0.1) is 0 Å². The average Bonchev–Trinajstić information content (AvgIpc) is 3.37. The van der Waals surface area contributed by atoms with E-state index in [1.165, 1.54) is 87.5 Å². The van der Waals surface area contributed by atoms with Crippen LogP contribution in [0.4, 0.5) is 0 Å². The molecule has 0 spiro atoms. The molecule has 0 amide bonds. The van der Waals surface area contributed by atoms with Crippen molar-refractivity contribution in [1.29, 1.82) is 0 Å². The predicted octanol–water partition coefficient (Wildman–Crippen LogP) is 9.45. The number of nitrogens with zero attached hydrogens (tertiary/aromatic N) is 1. The quantitative estimate of drug-likeness (QED) is 0.197. The summed E-state index contributed by atoms with van der Waals surface area (Å²) in [5.41, 5.74) is 6.46. The largest absolute Gasteiger partial charge is 0.478 e. The molecular formula is C42H66N2O2. The summed E-state index contributed by atoms with van der Waals surface area (Å²) in [6, 6.07) is 0. The highest BCUT2D eigenvalue weighted by Crippen LogP contribution is 2.77. The molecule has 0 aromatic rings. The van der Waals surface area contributed by atoms with Crippen LogP contribution in [-0.4, -0.2) is 49.7 Å². The molecule has 2 N–H and O–H groups in total. The lowest BCUT2D eigenvalue weighted by Gasteiger charge is -2.72. The Morgan fingerprint density at radius 3 is 2.37 bits per heavy atom. The van der Waals surface area contributed by atoms with Gasteiger partial charge in [0.25, 0.3) is 0 Å². The number of carboxylic acids is 1. The van der Waals surface area contributed by atoms with Gasteiger partial charge in [0.1, 0.15) is 0 Å². The Bertz CT molecular complexity index is 1320. The van der Waals surface area contributed by atoms with Gasteiger partial charge in [0.15, 0.2) is 0 Å². The van der Waals surface area contributed by atoms with Crippen LogP contribution in [0.5, 0.6) is 0 Å². The van der Waals surface area contributed by atoms with E-state index in [2.05, 4.69) is 84.6 Å². The van der Waals surface area contributed by atoms with E-state index in [0.29, 0.717) is 45.5 Å². The zero-order chi connectivity index (χ0) is 33.3. The second kappa shape index (κ2) is 12.0. The molecule has 4 heteroatoms. The zero-order valence-corrected chi connectivity index (χ0v) is 30.7. The molecule has 4 fully saturated rings. The van der Waals surface area contributed by atoms with E-state index >= 15 is 0 Å². The van der Waals surface area contributed by atoms with Gasteiger partial charge in [-0.2, -0.15) is 0 Å². The van der Waals surface area contributed by atoms with E-state index in [-0.39, 0.29) is 5.41 Å². The fourth-order valence-corrected chi connectivity index (χ4v) is 13.6. The van der Waals surface area contributed by atoms with Crippen molar-refractivity contribution in [2.75, 3.05) is 33.7 Å². The zero-order valence-electron chi connectivity index (χ0n) is 30.7. The first kappa shape index (κ1) is 34.2. The Morgan fingerprint density at radius 1 is 0.957 bits per heavy atom. The molecule has 4 nitrogen and oxygen atoms in total. The molecule has 0 bridgehead atoms. The van der Waals surface area contributed by atoms with Gasteiger partial charge in [0.2, 0.25) is 0 Å². The van der Waals surface area contributed by atoms with Crippen LogP contribution in [-0.2, 0) is 4.79 Å². The van der Waals surface area contributed by atoms with E-state index in [1.54, 1.807) is 0 Å². The minimum absolute atomic E-state index is 0.100. The summed E-state index contributed by atoms with van der Waals surface area (Å²) in [5, 5.41) is 13.5. The number of carboxylic acid groups (broad SMARTS) is 1. The highest BCUT2D eigenvalue weighted by atomic mass is 16.4. The first-order valence-corrected chi connectivity index (χ1v) is 19.0. The summed E-state index contributed by atoms with van der Waals surface area (Å²) < 4.78 is 0. The molecule has 4 saturated carbocycles. The second-order valence-corrected chi connectivity index (χ2v) is 18.6. The summed E-state index contributed by atoms with van der Waals surface area (Å²) in [4.78, 5) is 13.9. The smallest absolute Gasteiger partial charge is 0.331 e. The van der Waals surface area contributed by atoms with Crippen molar-refractivity contribution >= 4 is 5.97 Å². The summed E-state index contributed by atoms with van der Waals surface area (Å²) >= 11 is 0. The molecular weight excluding hydrogens is 564 g/mol. The second-order valence-electron chi connectivity index (χ2n) is 18.6. The van der Waals surface area contributed by atoms with Crippen molar-refractivity contribution in [1.82, 2.24) is 10.2 Å². The number of allylic oxidation sites excluding steroid dienone is 6. The molecule has 0 aromatic heterocycles. The van der Waals surface area contributed by atoms with Crippen LogP contribution in [0, 0.1) is 56.7 Å². The fourth-order valence-electron chi connectivity index (χ4n) is 13.6. The summed E-state index contributed by atoms with van der Waals surface area (Å²) in [5.74, 6) is 2.88. The highest BCUT2D eigenvalue weighted by Gasteiger charge is 2.70. The van der Waals surface area contributed by atoms with Crippen molar-refractivity contribution in [2.24, 2.45) is 56.7 Å². The van der Waals surface area contributed by atoms with E-state index in [4.69, 9.17) is 0 Å². The van der Waals surface area contributed by atoms with E-state index in [0.717, 1.165) is 37.3 Å². The Hall–Kier alpha value is -1.65.